The zero-order valence-electron chi connectivity index (χ0n) is 9.99. The number of hydrogen-bond acceptors (Lipinski definition) is 7. The first-order valence-corrected chi connectivity index (χ1v) is 6.35. The van der Waals surface area contributed by atoms with Crippen LogP contribution in [0.5, 0.6) is 0 Å². The van der Waals surface area contributed by atoms with Gasteiger partial charge in [-0.2, -0.15) is 9.90 Å². The van der Waals surface area contributed by atoms with E-state index in [9.17, 15) is 8.42 Å². The SMILES string of the molecule is Cc1c(S(=O)(=O)Nc2nnn(C)n2)c(N)nn1C. The molecule has 0 unspecified atom stereocenters. The second kappa shape index (κ2) is 3.94. The molecule has 11 heteroatoms. The summed E-state index contributed by atoms with van der Waals surface area (Å²) in [5, 5.41) is 14.6. The molecule has 0 aromatic carbocycles. The molecule has 0 radical (unpaired) electrons. The number of aryl methyl sites for hydroxylation is 2. The van der Waals surface area contributed by atoms with E-state index in [-0.39, 0.29) is 16.7 Å². The summed E-state index contributed by atoms with van der Waals surface area (Å²) in [5.41, 5.74) is 5.99. The summed E-state index contributed by atoms with van der Waals surface area (Å²) in [5.74, 6) is -0.202. The van der Waals surface area contributed by atoms with Crippen LogP contribution < -0.4 is 10.5 Å². The number of aromatic nitrogens is 6. The molecule has 18 heavy (non-hydrogen) atoms. The Balaban J connectivity index is 2.43. The molecule has 2 heterocycles. The van der Waals surface area contributed by atoms with Crippen LogP contribution in [-0.2, 0) is 24.1 Å². The van der Waals surface area contributed by atoms with Crippen molar-refractivity contribution >= 4 is 21.8 Å². The minimum Gasteiger partial charge on any atom is -0.381 e. The lowest BCUT2D eigenvalue weighted by Crippen LogP contribution is -2.16. The molecule has 0 atom stereocenters. The third-order valence-electron chi connectivity index (χ3n) is 2.31. The van der Waals surface area contributed by atoms with Crippen LogP contribution in [-0.4, -0.2) is 38.4 Å². The van der Waals surface area contributed by atoms with Crippen molar-refractivity contribution in [2.24, 2.45) is 14.1 Å². The molecular formula is C7H12N8O2S. The molecule has 0 bridgehead atoms. The number of nitrogens with zero attached hydrogens (tertiary/aromatic N) is 6. The first kappa shape index (κ1) is 12.3. The van der Waals surface area contributed by atoms with Crippen LogP contribution in [0.2, 0.25) is 0 Å². The van der Waals surface area contributed by atoms with E-state index in [2.05, 4.69) is 25.2 Å². The number of tetrazole rings is 1. The van der Waals surface area contributed by atoms with Crippen molar-refractivity contribution in [3.63, 3.8) is 0 Å². The lowest BCUT2D eigenvalue weighted by atomic mass is 10.5. The Bertz CT molecular complexity index is 684. The largest absolute Gasteiger partial charge is 0.381 e. The predicted molar refractivity (Wildman–Crippen MR) is 62.0 cm³/mol. The molecular weight excluding hydrogens is 260 g/mol. The first-order valence-electron chi connectivity index (χ1n) is 4.87. The number of rotatable bonds is 3. The normalized spacial score (nSPS) is 11.7. The summed E-state index contributed by atoms with van der Waals surface area (Å²) < 4.78 is 27.8. The average Bonchev–Trinajstić information content (AvgIpc) is 2.72. The van der Waals surface area contributed by atoms with Gasteiger partial charge in [-0.15, -0.1) is 5.10 Å². The summed E-state index contributed by atoms with van der Waals surface area (Å²) in [6, 6.07) is 0. The van der Waals surface area contributed by atoms with E-state index in [0.717, 1.165) is 4.80 Å². The average molecular weight is 272 g/mol. The Labute approximate surface area is 103 Å². The van der Waals surface area contributed by atoms with Crippen molar-refractivity contribution in [3.8, 4) is 0 Å². The minimum atomic E-state index is -3.88. The molecule has 0 amide bonds. The predicted octanol–water partition coefficient (Wildman–Crippen LogP) is -1.36. The Morgan fingerprint density at radius 3 is 2.39 bits per heavy atom. The summed E-state index contributed by atoms with van der Waals surface area (Å²) in [6.07, 6.45) is 0. The molecule has 2 rings (SSSR count). The number of nitrogens with two attached hydrogens (primary N) is 1. The van der Waals surface area contributed by atoms with Crippen LogP contribution >= 0.6 is 0 Å². The van der Waals surface area contributed by atoms with Gasteiger partial charge in [0.25, 0.3) is 16.0 Å². The number of anilines is 2. The van der Waals surface area contributed by atoms with Crippen LogP contribution in [0.25, 0.3) is 0 Å². The zero-order chi connectivity index (χ0) is 13.5. The molecule has 0 aliphatic rings. The Kier molecular flexibility index (Phi) is 2.69. The summed E-state index contributed by atoms with van der Waals surface area (Å²) in [4.78, 5) is 1.05. The molecule has 10 nitrogen and oxygen atoms in total. The second-order valence-corrected chi connectivity index (χ2v) is 5.25. The third-order valence-corrected chi connectivity index (χ3v) is 3.80. The Morgan fingerprint density at radius 1 is 1.28 bits per heavy atom. The maximum absolute atomic E-state index is 12.1. The molecule has 0 fully saturated rings. The number of hydrogen-bond donors (Lipinski definition) is 2. The van der Waals surface area contributed by atoms with Gasteiger partial charge in [-0.05, 0) is 12.1 Å². The van der Waals surface area contributed by atoms with Crippen molar-refractivity contribution in [2.75, 3.05) is 10.5 Å². The molecule has 2 aromatic heterocycles. The standard InChI is InChI=1S/C7H12N8O2S/c1-4-5(6(8)10-14(4)2)18(16,17)12-7-9-13-15(3)11-7/h1-3H3,(H2,8,10)(H,11,12). The fourth-order valence-electron chi connectivity index (χ4n) is 1.44. The highest BCUT2D eigenvalue weighted by Gasteiger charge is 2.25. The number of nitrogens with one attached hydrogen (secondary N) is 1. The van der Waals surface area contributed by atoms with Crippen LogP contribution in [0.4, 0.5) is 11.8 Å². The molecule has 0 aliphatic carbocycles. The van der Waals surface area contributed by atoms with Gasteiger partial charge in [-0.1, -0.05) is 5.10 Å². The highest BCUT2D eigenvalue weighted by Crippen LogP contribution is 2.22. The molecule has 0 spiro atoms. The number of sulfonamides is 1. The molecule has 3 N–H and O–H groups in total. The lowest BCUT2D eigenvalue weighted by molar-refractivity contribution is 0.599. The van der Waals surface area contributed by atoms with E-state index >= 15 is 0 Å². The molecule has 2 aromatic rings. The van der Waals surface area contributed by atoms with Gasteiger partial charge in [0.1, 0.15) is 0 Å². The van der Waals surface area contributed by atoms with Crippen molar-refractivity contribution in [2.45, 2.75) is 11.8 Å². The van der Waals surface area contributed by atoms with Crippen molar-refractivity contribution in [3.05, 3.63) is 5.69 Å². The monoisotopic (exact) mass is 272 g/mol. The van der Waals surface area contributed by atoms with E-state index in [4.69, 9.17) is 5.73 Å². The highest BCUT2D eigenvalue weighted by molar-refractivity contribution is 7.93. The van der Waals surface area contributed by atoms with Gasteiger partial charge >= 0.3 is 0 Å². The van der Waals surface area contributed by atoms with E-state index < -0.39 is 10.0 Å². The van der Waals surface area contributed by atoms with E-state index in [1.165, 1.54) is 11.7 Å². The third kappa shape index (κ3) is 1.99. The van der Waals surface area contributed by atoms with Gasteiger partial charge in [-0.25, -0.2) is 13.1 Å². The molecule has 0 saturated carbocycles. The van der Waals surface area contributed by atoms with Crippen molar-refractivity contribution in [1.29, 1.82) is 0 Å². The maximum Gasteiger partial charge on any atom is 0.277 e. The van der Waals surface area contributed by atoms with Gasteiger partial charge in [0.05, 0.1) is 12.7 Å². The Hall–Kier alpha value is -2.17. The van der Waals surface area contributed by atoms with Gasteiger partial charge in [-0.3, -0.25) is 4.68 Å². The second-order valence-electron chi connectivity index (χ2n) is 3.63. The van der Waals surface area contributed by atoms with E-state index in [1.807, 2.05) is 0 Å². The van der Waals surface area contributed by atoms with Gasteiger partial charge in [0, 0.05) is 7.05 Å². The van der Waals surface area contributed by atoms with E-state index in [1.54, 1.807) is 14.0 Å². The van der Waals surface area contributed by atoms with Crippen molar-refractivity contribution in [1.82, 2.24) is 30.0 Å². The quantitative estimate of drug-likeness (QED) is 0.704. The molecule has 0 aliphatic heterocycles. The lowest BCUT2D eigenvalue weighted by Gasteiger charge is -2.03. The van der Waals surface area contributed by atoms with Gasteiger partial charge in [0.2, 0.25) is 0 Å². The highest BCUT2D eigenvalue weighted by atomic mass is 32.2. The molecule has 0 saturated heterocycles. The van der Waals surface area contributed by atoms with Crippen LogP contribution in [0.3, 0.4) is 0 Å². The fraction of sp³-hybridized carbons (Fsp3) is 0.429. The zero-order valence-corrected chi connectivity index (χ0v) is 10.8. The topological polar surface area (TPSA) is 134 Å². The van der Waals surface area contributed by atoms with E-state index in [0.29, 0.717) is 5.69 Å². The summed E-state index contributed by atoms with van der Waals surface area (Å²) >= 11 is 0. The smallest absolute Gasteiger partial charge is 0.277 e. The minimum absolute atomic E-state index is 0.0774. The van der Waals surface area contributed by atoms with Gasteiger partial charge < -0.3 is 5.73 Å². The van der Waals surface area contributed by atoms with Crippen LogP contribution in [0, 0.1) is 6.92 Å². The molecule has 98 valence electrons. The first-order chi connectivity index (χ1) is 8.31. The van der Waals surface area contributed by atoms with Gasteiger partial charge in [0.15, 0.2) is 10.7 Å². The van der Waals surface area contributed by atoms with Crippen molar-refractivity contribution < 1.29 is 8.42 Å². The summed E-state index contributed by atoms with van der Waals surface area (Å²) in [6.45, 7) is 1.60. The van der Waals surface area contributed by atoms with Crippen LogP contribution in [0.15, 0.2) is 4.90 Å². The number of nitrogen functional groups attached to an aromatic ring is 1. The maximum atomic E-state index is 12.1. The summed E-state index contributed by atoms with van der Waals surface area (Å²) in [7, 11) is -0.752. The van der Waals surface area contributed by atoms with Crippen LogP contribution in [0.1, 0.15) is 5.69 Å². The Morgan fingerprint density at radius 2 is 1.94 bits per heavy atom. The fourth-order valence-corrected chi connectivity index (χ4v) is 2.70.